The molecular formula is C14H13BrClNO. The first-order valence-corrected chi connectivity index (χ1v) is 6.72. The molecule has 0 bridgehead atoms. The summed E-state index contributed by atoms with van der Waals surface area (Å²) in [4.78, 5) is 0. The Kier molecular flexibility index (Phi) is 4.64. The van der Waals surface area contributed by atoms with E-state index in [1.54, 1.807) is 6.07 Å². The van der Waals surface area contributed by atoms with Gasteiger partial charge >= 0.3 is 0 Å². The molecule has 0 radical (unpaired) electrons. The molecule has 0 aliphatic heterocycles. The Hall–Kier alpha value is -1.03. The molecule has 0 amide bonds. The largest absolute Gasteiger partial charge is 0.457 e. The Balaban J connectivity index is 2.28. The van der Waals surface area contributed by atoms with Crippen molar-refractivity contribution in [3.8, 4) is 11.5 Å². The van der Waals surface area contributed by atoms with Gasteiger partial charge in [-0.1, -0.05) is 33.6 Å². The number of ether oxygens (including phenoxy) is 1. The second-order valence-electron chi connectivity index (χ2n) is 3.84. The highest BCUT2D eigenvalue weighted by molar-refractivity contribution is 9.10. The van der Waals surface area contributed by atoms with Crippen molar-refractivity contribution in [1.82, 2.24) is 5.32 Å². The third kappa shape index (κ3) is 3.48. The van der Waals surface area contributed by atoms with Gasteiger partial charge in [0.15, 0.2) is 0 Å². The molecule has 4 heteroatoms. The molecule has 0 aliphatic rings. The van der Waals surface area contributed by atoms with Gasteiger partial charge in [0.05, 0.1) is 0 Å². The number of hydrogen-bond donors (Lipinski definition) is 1. The Morgan fingerprint density at radius 1 is 1.22 bits per heavy atom. The minimum absolute atomic E-state index is 0.666. The summed E-state index contributed by atoms with van der Waals surface area (Å²) in [5.74, 6) is 1.57. The minimum atomic E-state index is 0.666. The average molecular weight is 327 g/mol. The Bertz CT molecular complexity index is 545. The van der Waals surface area contributed by atoms with E-state index in [4.69, 9.17) is 16.3 Å². The fourth-order valence-corrected chi connectivity index (χ4v) is 2.22. The molecule has 18 heavy (non-hydrogen) atoms. The van der Waals surface area contributed by atoms with Crippen LogP contribution in [0, 0.1) is 0 Å². The van der Waals surface area contributed by atoms with Gasteiger partial charge in [0.25, 0.3) is 0 Å². The van der Waals surface area contributed by atoms with Crippen LogP contribution in [0.15, 0.2) is 46.9 Å². The Labute approximate surface area is 120 Å². The predicted octanol–water partition coefficient (Wildman–Crippen LogP) is 4.61. The lowest BCUT2D eigenvalue weighted by Gasteiger charge is -2.11. The van der Waals surface area contributed by atoms with E-state index in [1.165, 1.54) is 0 Å². The highest BCUT2D eigenvalue weighted by Gasteiger charge is 2.05. The zero-order chi connectivity index (χ0) is 13.0. The lowest BCUT2D eigenvalue weighted by Crippen LogP contribution is -2.06. The molecule has 0 atom stereocenters. The van der Waals surface area contributed by atoms with E-state index >= 15 is 0 Å². The van der Waals surface area contributed by atoms with Gasteiger partial charge in [0, 0.05) is 21.6 Å². The first kappa shape index (κ1) is 13.4. The summed E-state index contributed by atoms with van der Waals surface area (Å²) in [6.45, 7) is 0.745. The van der Waals surface area contributed by atoms with Gasteiger partial charge < -0.3 is 10.1 Å². The van der Waals surface area contributed by atoms with Gasteiger partial charge in [0.1, 0.15) is 11.5 Å². The van der Waals surface area contributed by atoms with E-state index in [1.807, 2.05) is 43.4 Å². The summed E-state index contributed by atoms with van der Waals surface area (Å²) in [5, 5.41) is 3.79. The molecule has 1 N–H and O–H groups in total. The maximum absolute atomic E-state index is 5.94. The second kappa shape index (κ2) is 6.23. The van der Waals surface area contributed by atoms with Gasteiger partial charge in [-0.2, -0.15) is 0 Å². The van der Waals surface area contributed by atoms with Crippen LogP contribution in [0.2, 0.25) is 5.02 Å². The second-order valence-corrected chi connectivity index (χ2v) is 5.19. The first-order valence-electron chi connectivity index (χ1n) is 5.55. The number of benzene rings is 2. The lowest BCUT2D eigenvalue weighted by molar-refractivity contribution is 0.474. The molecule has 0 unspecified atom stereocenters. The third-order valence-electron chi connectivity index (χ3n) is 2.41. The molecular weight excluding hydrogens is 314 g/mol. The van der Waals surface area contributed by atoms with Gasteiger partial charge in [-0.15, -0.1) is 0 Å². The Morgan fingerprint density at radius 3 is 2.78 bits per heavy atom. The Morgan fingerprint density at radius 2 is 2.06 bits per heavy atom. The molecule has 2 nitrogen and oxygen atoms in total. The highest BCUT2D eigenvalue weighted by Crippen LogP contribution is 2.29. The van der Waals surface area contributed by atoms with Crippen molar-refractivity contribution >= 4 is 27.5 Å². The van der Waals surface area contributed by atoms with Crippen LogP contribution < -0.4 is 10.1 Å². The van der Waals surface area contributed by atoms with Crippen LogP contribution in [0.1, 0.15) is 5.56 Å². The summed E-state index contributed by atoms with van der Waals surface area (Å²) in [6, 6.07) is 13.3. The van der Waals surface area contributed by atoms with Crippen LogP contribution in [0.25, 0.3) is 0 Å². The van der Waals surface area contributed by atoms with E-state index in [0.29, 0.717) is 5.02 Å². The van der Waals surface area contributed by atoms with Crippen molar-refractivity contribution in [1.29, 1.82) is 0 Å². The van der Waals surface area contributed by atoms with E-state index < -0.39 is 0 Å². The maximum Gasteiger partial charge on any atom is 0.131 e. The standard InChI is InChI=1S/C14H13BrClNO/c1-17-9-10-7-11(15)5-6-14(10)18-13-4-2-3-12(16)8-13/h2-8,17H,9H2,1H3. The molecule has 2 aromatic carbocycles. The molecule has 2 rings (SSSR count). The molecule has 0 fully saturated rings. The van der Waals surface area contributed by atoms with Crippen molar-refractivity contribution in [2.45, 2.75) is 6.54 Å². The van der Waals surface area contributed by atoms with Crippen molar-refractivity contribution in [2.24, 2.45) is 0 Å². The summed E-state index contributed by atoms with van der Waals surface area (Å²) >= 11 is 9.40. The lowest BCUT2D eigenvalue weighted by atomic mass is 10.2. The molecule has 0 heterocycles. The molecule has 0 saturated carbocycles. The van der Waals surface area contributed by atoms with Crippen molar-refractivity contribution in [3.05, 3.63) is 57.5 Å². The normalized spacial score (nSPS) is 10.4. The third-order valence-corrected chi connectivity index (χ3v) is 3.14. The first-order chi connectivity index (χ1) is 8.69. The van der Waals surface area contributed by atoms with Crippen molar-refractivity contribution < 1.29 is 4.74 Å². The zero-order valence-electron chi connectivity index (χ0n) is 9.91. The molecule has 0 spiro atoms. The predicted molar refractivity (Wildman–Crippen MR) is 78.4 cm³/mol. The van der Waals surface area contributed by atoms with Gasteiger partial charge in [0.2, 0.25) is 0 Å². The topological polar surface area (TPSA) is 21.3 Å². The summed E-state index contributed by atoms with van der Waals surface area (Å²) in [6.07, 6.45) is 0. The maximum atomic E-state index is 5.94. The molecule has 0 aromatic heterocycles. The summed E-state index contributed by atoms with van der Waals surface area (Å²) in [7, 11) is 1.91. The molecule has 94 valence electrons. The fourth-order valence-electron chi connectivity index (χ4n) is 1.63. The SMILES string of the molecule is CNCc1cc(Br)ccc1Oc1cccc(Cl)c1. The van der Waals surface area contributed by atoms with Crippen LogP contribution in [-0.4, -0.2) is 7.05 Å². The average Bonchev–Trinajstić information content (AvgIpc) is 2.33. The monoisotopic (exact) mass is 325 g/mol. The number of rotatable bonds is 4. The number of nitrogens with one attached hydrogen (secondary N) is 1. The zero-order valence-corrected chi connectivity index (χ0v) is 12.3. The van der Waals surface area contributed by atoms with Crippen LogP contribution in [0.3, 0.4) is 0 Å². The van der Waals surface area contributed by atoms with Crippen LogP contribution in [0.4, 0.5) is 0 Å². The number of halogens is 2. The summed E-state index contributed by atoms with van der Waals surface area (Å²) < 4.78 is 6.89. The van der Waals surface area contributed by atoms with Crippen LogP contribution in [-0.2, 0) is 6.54 Å². The fraction of sp³-hybridized carbons (Fsp3) is 0.143. The smallest absolute Gasteiger partial charge is 0.131 e. The summed E-state index contributed by atoms with van der Waals surface area (Å²) in [5.41, 5.74) is 1.09. The molecule has 0 saturated heterocycles. The van der Waals surface area contributed by atoms with Crippen LogP contribution >= 0.6 is 27.5 Å². The van der Waals surface area contributed by atoms with Crippen molar-refractivity contribution in [3.63, 3.8) is 0 Å². The molecule has 2 aromatic rings. The van der Waals surface area contributed by atoms with Crippen LogP contribution in [0.5, 0.6) is 11.5 Å². The van der Waals surface area contributed by atoms with Crippen molar-refractivity contribution in [2.75, 3.05) is 7.05 Å². The van der Waals surface area contributed by atoms with E-state index in [0.717, 1.165) is 28.1 Å². The highest BCUT2D eigenvalue weighted by atomic mass is 79.9. The van der Waals surface area contributed by atoms with E-state index in [-0.39, 0.29) is 0 Å². The number of hydrogen-bond acceptors (Lipinski definition) is 2. The van der Waals surface area contributed by atoms with E-state index in [2.05, 4.69) is 21.2 Å². The quantitative estimate of drug-likeness (QED) is 0.885. The van der Waals surface area contributed by atoms with Gasteiger partial charge in [-0.3, -0.25) is 0 Å². The van der Waals surface area contributed by atoms with Gasteiger partial charge in [-0.25, -0.2) is 0 Å². The minimum Gasteiger partial charge on any atom is -0.457 e. The molecule has 0 aliphatic carbocycles. The van der Waals surface area contributed by atoms with Gasteiger partial charge in [-0.05, 0) is 43.4 Å². The van der Waals surface area contributed by atoms with E-state index in [9.17, 15) is 0 Å².